The first-order valence-electron chi connectivity index (χ1n) is 11.4. The van der Waals surface area contributed by atoms with Crippen LogP contribution in [-0.4, -0.2) is 35.1 Å². The van der Waals surface area contributed by atoms with Gasteiger partial charge in [0.25, 0.3) is 0 Å². The van der Waals surface area contributed by atoms with Crippen molar-refractivity contribution < 1.29 is 23.9 Å². The van der Waals surface area contributed by atoms with Crippen LogP contribution in [-0.2, 0) is 23.9 Å². The third-order valence-electron chi connectivity index (χ3n) is 8.01. The fourth-order valence-corrected chi connectivity index (χ4v) is 6.71. The summed E-state index contributed by atoms with van der Waals surface area (Å²) in [7, 11) is 0. The molecule has 6 nitrogen and oxygen atoms in total. The highest BCUT2D eigenvalue weighted by Gasteiger charge is 2.70. The van der Waals surface area contributed by atoms with Crippen LogP contribution in [0.2, 0.25) is 0 Å². The lowest BCUT2D eigenvalue weighted by atomic mass is 9.55. The number of Topliss-reactive ketones (excluding diaryl/α,β-unsaturated/α-hetero) is 2. The molecule has 1 saturated carbocycles. The fourth-order valence-electron chi connectivity index (χ4n) is 6.71. The molecule has 0 bridgehead atoms. The van der Waals surface area contributed by atoms with Gasteiger partial charge in [-0.2, -0.15) is 0 Å². The molecule has 2 aliphatic carbocycles. The molecule has 2 aliphatic heterocycles. The van der Waals surface area contributed by atoms with Gasteiger partial charge in [0.05, 0.1) is 5.57 Å². The maximum atomic E-state index is 13.8. The quantitative estimate of drug-likeness (QED) is 0.563. The summed E-state index contributed by atoms with van der Waals surface area (Å²) in [6.07, 6.45) is 4.34. The van der Waals surface area contributed by atoms with E-state index in [2.05, 4.69) is 19.2 Å². The first kappa shape index (κ1) is 21.3. The summed E-state index contributed by atoms with van der Waals surface area (Å²) in [5, 5.41) is 3.04. The van der Waals surface area contributed by atoms with E-state index >= 15 is 0 Å². The van der Waals surface area contributed by atoms with E-state index in [0.29, 0.717) is 12.8 Å². The van der Waals surface area contributed by atoms with Crippen molar-refractivity contribution in [1.29, 1.82) is 0 Å². The van der Waals surface area contributed by atoms with E-state index in [-0.39, 0.29) is 41.4 Å². The van der Waals surface area contributed by atoms with Gasteiger partial charge >= 0.3 is 5.97 Å². The molecule has 4 rings (SSSR count). The molecule has 0 aromatic carbocycles. The van der Waals surface area contributed by atoms with Gasteiger partial charge in [0.1, 0.15) is 16.8 Å². The highest BCUT2D eigenvalue weighted by molar-refractivity contribution is 6.20. The zero-order valence-corrected chi connectivity index (χ0v) is 18.7. The third-order valence-corrected chi connectivity index (χ3v) is 8.01. The zero-order valence-electron chi connectivity index (χ0n) is 18.7. The van der Waals surface area contributed by atoms with Gasteiger partial charge in [-0.05, 0) is 56.9 Å². The molecule has 6 heteroatoms. The number of esters is 1. The highest BCUT2D eigenvalue weighted by Crippen LogP contribution is 2.60. The predicted octanol–water partition coefficient (Wildman–Crippen LogP) is 3.13. The number of ether oxygens (including phenoxy) is 1. The molecule has 164 valence electrons. The van der Waals surface area contributed by atoms with Gasteiger partial charge in [-0.25, -0.2) is 4.79 Å². The normalized spacial score (nSPS) is 39.1. The Bertz CT molecular complexity index is 858. The van der Waals surface area contributed by atoms with E-state index in [1.807, 2.05) is 6.92 Å². The lowest BCUT2D eigenvalue weighted by Gasteiger charge is -2.41. The van der Waals surface area contributed by atoms with Crippen molar-refractivity contribution >= 4 is 23.4 Å². The predicted molar refractivity (Wildman–Crippen MR) is 110 cm³/mol. The number of fused-ring (bicyclic) bond motifs is 1. The van der Waals surface area contributed by atoms with Gasteiger partial charge in [0.2, 0.25) is 5.91 Å². The molecule has 1 saturated heterocycles. The molecular formula is C24H33NO5. The van der Waals surface area contributed by atoms with Gasteiger partial charge in [0, 0.05) is 24.3 Å². The number of hydrogen-bond acceptors (Lipinski definition) is 5. The number of hydrogen-bond donors (Lipinski definition) is 1. The molecule has 0 aromatic rings. The van der Waals surface area contributed by atoms with Crippen LogP contribution in [0.3, 0.4) is 0 Å². The summed E-state index contributed by atoms with van der Waals surface area (Å²) in [6, 6.07) is -0.324. The Morgan fingerprint density at radius 2 is 1.90 bits per heavy atom. The number of amides is 1. The van der Waals surface area contributed by atoms with Crippen LogP contribution in [0.1, 0.15) is 73.1 Å². The maximum absolute atomic E-state index is 13.8. The second kappa shape index (κ2) is 7.03. The van der Waals surface area contributed by atoms with Crippen LogP contribution in [0.15, 0.2) is 11.1 Å². The lowest BCUT2D eigenvalue weighted by molar-refractivity contribution is -0.152. The first-order valence-corrected chi connectivity index (χ1v) is 11.4. The molecule has 30 heavy (non-hydrogen) atoms. The maximum Gasteiger partial charge on any atom is 0.336 e. The van der Waals surface area contributed by atoms with E-state index in [1.54, 1.807) is 6.92 Å². The summed E-state index contributed by atoms with van der Waals surface area (Å²) in [5.74, 6) is -2.10. The van der Waals surface area contributed by atoms with Crippen molar-refractivity contribution in [2.45, 2.75) is 84.8 Å². The van der Waals surface area contributed by atoms with Crippen molar-refractivity contribution in [1.82, 2.24) is 5.32 Å². The molecule has 6 unspecified atom stereocenters. The molecule has 1 amide bonds. The van der Waals surface area contributed by atoms with E-state index in [4.69, 9.17) is 4.74 Å². The first-order chi connectivity index (χ1) is 14.0. The molecule has 6 atom stereocenters. The largest absolute Gasteiger partial charge is 0.451 e. The Labute approximate surface area is 178 Å². The summed E-state index contributed by atoms with van der Waals surface area (Å²) < 4.78 is 5.90. The minimum absolute atomic E-state index is 0.0534. The van der Waals surface area contributed by atoms with Crippen molar-refractivity contribution in [3.8, 4) is 0 Å². The Balaban J connectivity index is 1.98. The summed E-state index contributed by atoms with van der Waals surface area (Å²) in [5.41, 5.74) is -1.21. The van der Waals surface area contributed by atoms with Crippen molar-refractivity contribution in [2.75, 3.05) is 0 Å². The van der Waals surface area contributed by atoms with Gasteiger partial charge in [0.15, 0.2) is 5.78 Å². The van der Waals surface area contributed by atoms with Crippen LogP contribution in [0.25, 0.3) is 0 Å². The molecule has 1 spiro atoms. The van der Waals surface area contributed by atoms with Crippen LogP contribution in [0.5, 0.6) is 0 Å². The molecule has 0 radical (unpaired) electrons. The van der Waals surface area contributed by atoms with E-state index < -0.39 is 34.7 Å². The number of ketones is 2. The molecular weight excluding hydrogens is 382 g/mol. The van der Waals surface area contributed by atoms with Crippen molar-refractivity contribution in [3.05, 3.63) is 11.1 Å². The monoisotopic (exact) mass is 415 g/mol. The summed E-state index contributed by atoms with van der Waals surface area (Å²) >= 11 is 0. The van der Waals surface area contributed by atoms with Gasteiger partial charge in [-0.1, -0.05) is 27.2 Å². The summed E-state index contributed by atoms with van der Waals surface area (Å²) in [4.78, 5) is 53.2. The minimum Gasteiger partial charge on any atom is -0.451 e. The molecule has 1 N–H and O–H groups in total. The second-order valence-electron chi connectivity index (χ2n) is 10.4. The van der Waals surface area contributed by atoms with E-state index in [9.17, 15) is 19.2 Å². The smallest absolute Gasteiger partial charge is 0.336 e. The Hall–Kier alpha value is -1.98. The molecule has 4 aliphatic rings. The van der Waals surface area contributed by atoms with Crippen molar-refractivity contribution in [3.63, 3.8) is 0 Å². The second-order valence-corrected chi connectivity index (χ2v) is 10.4. The van der Waals surface area contributed by atoms with Gasteiger partial charge in [-0.3, -0.25) is 14.4 Å². The highest BCUT2D eigenvalue weighted by atomic mass is 16.6. The van der Waals surface area contributed by atoms with Gasteiger partial charge in [-0.15, -0.1) is 0 Å². The minimum atomic E-state index is -1.60. The number of carbonyl (C=O) groups is 4. The SMILES string of the molecule is CC(=O)C(C)C1C(CC(C)C)NC(=O)C12C(=O)CC1CCCCC3(C)OC(=O)C2=C13. The topological polar surface area (TPSA) is 89.5 Å². The third kappa shape index (κ3) is 2.75. The Kier molecular flexibility index (Phi) is 4.98. The number of nitrogens with one attached hydrogen (secondary N) is 1. The molecule has 2 heterocycles. The van der Waals surface area contributed by atoms with Crippen LogP contribution < -0.4 is 5.32 Å². The fraction of sp³-hybridized carbons (Fsp3) is 0.750. The number of carbonyl (C=O) groups excluding carboxylic acids is 4. The average Bonchev–Trinajstić information content (AvgIpc) is 2.99. The van der Waals surface area contributed by atoms with E-state index in [0.717, 1.165) is 24.8 Å². The van der Waals surface area contributed by atoms with Crippen LogP contribution in [0.4, 0.5) is 0 Å². The van der Waals surface area contributed by atoms with Gasteiger partial charge < -0.3 is 10.1 Å². The summed E-state index contributed by atoms with van der Waals surface area (Å²) in [6.45, 7) is 9.33. The van der Waals surface area contributed by atoms with Crippen LogP contribution >= 0.6 is 0 Å². The van der Waals surface area contributed by atoms with Crippen molar-refractivity contribution in [2.24, 2.45) is 29.1 Å². The molecule has 2 fully saturated rings. The Morgan fingerprint density at radius 3 is 2.53 bits per heavy atom. The Morgan fingerprint density at radius 1 is 1.20 bits per heavy atom. The molecule has 0 aromatic heterocycles. The lowest BCUT2D eigenvalue weighted by Crippen LogP contribution is -2.52. The number of rotatable bonds is 4. The zero-order chi connectivity index (χ0) is 22.0. The standard InChI is InChI=1S/C24H33NO5/c1-12(2)10-16-18(13(3)14(4)26)24(22(29)25-16)17(27)11-15-8-6-7-9-23(5)19(15)20(24)21(28)30-23/h12-13,15-16,18H,6-11H2,1-5H3,(H,25,29). The average molecular weight is 416 g/mol. The van der Waals surface area contributed by atoms with Crippen LogP contribution in [0, 0.1) is 29.1 Å². The van der Waals surface area contributed by atoms with E-state index in [1.165, 1.54) is 6.92 Å².